The summed E-state index contributed by atoms with van der Waals surface area (Å²) in [5, 5.41) is 10.8. The van der Waals surface area contributed by atoms with Crippen LogP contribution in [0.3, 0.4) is 0 Å². The second-order valence-corrected chi connectivity index (χ2v) is 3.63. The van der Waals surface area contributed by atoms with Gasteiger partial charge in [-0.25, -0.2) is 0 Å². The maximum atomic E-state index is 10.8. The fourth-order valence-electron chi connectivity index (χ4n) is 1.31. The molecule has 0 aromatic carbocycles. The van der Waals surface area contributed by atoms with Gasteiger partial charge < -0.3 is 20.1 Å². The van der Waals surface area contributed by atoms with Crippen molar-refractivity contribution in [3.63, 3.8) is 0 Å². The fourth-order valence-corrected chi connectivity index (χ4v) is 1.31. The van der Waals surface area contributed by atoms with E-state index in [1.807, 2.05) is 0 Å². The Bertz CT molecular complexity index is 290. The number of carbonyl (C=O) groups is 1. The summed E-state index contributed by atoms with van der Waals surface area (Å²) in [5.74, 6) is -2.03. The first kappa shape index (κ1) is 13.7. The monoisotopic (exact) mass is 205 g/mol. The summed E-state index contributed by atoms with van der Waals surface area (Å²) in [7, 11) is 0. The topological polar surface area (TPSA) is 79.3 Å². The molecule has 0 bridgehead atoms. The SMILES string of the molecule is CC(C)(N)C(C(=O)[O-])c1ccoc1.[Na+]. The number of hydrogen-bond acceptors (Lipinski definition) is 4. The minimum atomic E-state index is -1.19. The van der Waals surface area contributed by atoms with E-state index in [4.69, 9.17) is 10.2 Å². The summed E-state index contributed by atoms with van der Waals surface area (Å²) in [4.78, 5) is 10.8. The summed E-state index contributed by atoms with van der Waals surface area (Å²) in [6.07, 6.45) is 2.78. The average Bonchev–Trinajstić information content (AvgIpc) is 2.34. The molecule has 1 heterocycles. The first-order valence-corrected chi connectivity index (χ1v) is 3.95. The maximum absolute atomic E-state index is 10.8. The predicted octanol–water partition coefficient (Wildman–Crippen LogP) is -3.15. The second kappa shape index (κ2) is 4.98. The first-order chi connectivity index (χ1) is 5.93. The first-order valence-electron chi connectivity index (χ1n) is 3.95. The van der Waals surface area contributed by atoms with E-state index in [0.717, 1.165) is 0 Å². The van der Waals surface area contributed by atoms with Gasteiger partial charge in [0.15, 0.2) is 0 Å². The minimum absolute atomic E-state index is 0. The Kier molecular flexibility index (Phi) is 4.88. The molecular formula is C9H12NNaO3. The molecule has 0 aliphatic rings. The Balaban J connectivity index is 0.00000169. The van der Waals surface area contributed by atoms with E-state index in [-0.39, 0.29) is 29.6 Å². The molecule has 1 atom stereocenters. The third-order valence-corrected chi connectivity index (χ3v) is 1.86. The molecule has 0 spiro atoms. The maximum Gasteiger partial charge on any atom is 1.00 e. The quantitative estimate of drug-likeness (QED) is 0.529. The molecule has 0 amide bonds. The van der Waals surface area contributed by atoms with E-state index < -0.39 is 17.4 Å². The van der Waals surface area contributed by atoms with E-state index >= 15 is 0 Å². The summed E-state index contributed by atoms with van der Waals surface area (Å²) >= 11 is 0. The molecule has 0 aliphatic carbocycles. The molecule has 72 valence electrons. The molecule has 0 radical (unpaired) electrons. The van der Waals surface area contributed by atoms with Crippen LogP contribution in [0.1, 0.15) is 25.3 Å². The molecule has 0 fully saturated rings. The molecule has 1 aromatic heterocycles. The molecule has 4 nitrogen and oxygen atoms in total. The predicted molar refractivity (Wildman–Crippen MR) is 44.7 cm³/mol. The van der Waals surface area contributed by atoms with Crippen molar-refractivity contribution in [1.29, 1.82) is 0 Å². The van der Waals surface area contributed by atoms with Crippen molar-refractivity contribution < 1.29 is 43.9 Å². The number of aliphatic carboxylic acids is 1. The molecule has 2 N–H and O–H groups in total. The number of furan rings is 1. The third kappa shape index (κ3) is 3.13. The van der Waals surface area contributed by atoms with Crippen molar-refractivity contribution in [3.05, 3.63) is 24.2 Å². The van der Waals surface area contributed by atoms with E-state index in [1.54, 1.807) is 19.9 Å². The van der Waals surface area contributed by atoms with Crippen molar-refractivity contribution in [2.75, 3.05) is 0 Å². The number of hydrogen-bond donors (Lipinski definition) is 1. The van der Waals surface area contributed by atoms with Gasteiger partial charge in [0.1, 0.15) is 0 Å². The fraction of sp³-hybridized carbons (Fsp3) is 0.444. The smallest absolute Gasteiger partial charge is 0.549 e. The average molecular weight is 205 g/mol. The van der Waals surface area contributed by atoms with Crippen LogP contribution in [-0.2, 0) is 4.79 Å². The molecule has 0 saturated carbocycles. The molecular weight excluding hydrogens is 193 g/mol. The molecule has 14 heavy (non-hydrogen) atoms. The van der Waals surface area contributed by atoms with Gasteiger partial charge in [0, 0.05) is 17.0 Å². The van der Waals surface area contributed by atoms with Gasteiger partial charge in [-0.2, -0.15) is 0 Å². The molecule has 0 aliphatic heterocycles. The zero-order chi connectivity index (χ0) is 10.1. The summed E-state index contributed by atoms with van der Waals surface area (Å²) in [5.41, 5.74) is 5.39. The van der Waals surface area contributed by atoms with Gasteiger partial charge in [0.05, 0.1) is 18.5 Å². The van der Waals surface area contributed by atoms with E-state index in [1.165, 1.54) is 12.5 Å². The van der Waals surface area contributed by atoms with Gasteiger partial charge in [-0.1, -0.05) is 0 Å². The van der Waals surface area contributed by atoms with Gasteiger partial charge in [-0.05, 0) is 19.9 Å². The number of rotatable bonds is 3. The number of carbonyl (C=O) groups excluding carboxylic acids is 1. The molecule has 1 aromatic rings. The molecule has 0 saturated heterocycles. The van der Waals surface area contributed by atoms with E-state index in [2.05, 4.69) is 0 Å². The van der Waals surface area contributed by atoms with E-state index in [9.17, 15) is 9.90 Å². The van der Waals surface area contributed by atoms with Crippen LogP contribution in [0.5, 0.6) is 0 Å². The van der Waals surface area contributed by atoms with E-state index in [0.29, 0.717) is 5.56 Å². The zero-order valence-electron chi connectivity index (χ0n) is 8.61. The summed E-state index contributed by atoms with van der Waals surface area (Å²) < 4.78 is 4.79. The van der Waals surface area contributed by atoms with Crippen LogP contribution in [0.25, 0.3) is 0 Å². The van der Waals surface area contributed by atoms with Crippen molar-refractivity contribution in [2.45, 2.75) is 25.3 Å². The Hall–Kier alpha value is -0.290. The summed E-state index contributed by atoms with van der Waals surface area (Å²) in [6, 6.07) is 1.58. The van der Waals surface area contributed by atoms with Crippen LogP contribution < -0.4 is 40.4 Å². The molecule has 1 rings (SSSR count). The zero-order valence-corrected chi connectivity index (χ0v) is 10.6. The van der Waals surface area contributed by atoms with Gasteiger partial charge in [-0.15, -0.1) is 0 Å². The second-order valence-electron chi connectivity index (χ2n) is 3.63. The largest absolute Gasteiger partial charge is 1.00 e. The van der Waals surface area contributed by atoms with Gasteiger partial charge >= 0.3 is 29.6 Å². The number of carboxylic acids is 1. The van der Waals surface area contributed by atoms with Gasteiger partial charge in [0.2, 0.25) is 0 Å². The van der Waals surface area contributed by atoms with Crippen LogP contribution in [0.15, 0.2) is 23.0 Å². The Morgan fingerprint density at radius 3 is 2.50 bits per heavy atom. The Morgan fingerprint density at radius 1 is 1.64 bits per heavy atom. The normalized spacial score (nSPS) is 13.1. The standard InChI is InChI=1S/C9H13NO3.Na/c1-9(2,10)7(8(11)12)6-3-4-13-5-6;/h3-5,7H,10H2,1-2H3,(H,11,12);/q;+1/p-1. The van der Waals surface area contributed by atoms with Crippen molar-refractivity contribution in [1.82, 2.24) is 0 Å². The Labute approximate surface area is 105 Å². The van der Waals surface area contributed by atoms with Crippen LogP contribution in [0.4, 0.5) is 0 Å². The van der Waals surface area contributed by atoms with Crippen molar-refractivity contribution in [2.24, 2.45) is 5.73 Å². The van der Waals surface area contributed by atoms with Crippen LogP contribution >= 0.6 is 0 Å². The van der Waals surface area contributed by atoms with Crippen LogP contribution in [0, 0.1) is 0 Å². The van der Waals surface area contributed by atoms with Crippen molar-refractivity contribution >= 4 is 5.97 Å². The molecule has 5 heteroatoms. The number of nitrogens with two attached hydrogens (primary N) is 1. The van der Waals surface area contributed by atoms with Crippen LogP contribution in [0.2, 0.25) is 0 Å². The summed E-state index contributed by atoms with van der Waals surface area (Å²) in [6.45, 7) is 3.28. The van der Waals surface area contributed by atoms with Crippen LogP contribution in [-0.4, -0.2) is 11.5 Å². The molecule has 1 unspecified atom stereocenters. The van der Waals surface area contributed by atoms with Gasteiger partial charge in [-0.3, -0.25) is 0 Å². The third-order valence-electron chi connectivity index (χ3n) is 1.86. The van der Waals surface area contributed by atoms with Crippen molar-refractivity contribution in [3.8, 4) is 0 Å². The van der Waals surface area contributed by atoms with Gasteiger partial charge in [0.25, 0.3) is 0 Å². The number of carboxylic acid groups (broad SMARTS) is 1. The Morgan fingerprint density at radius 2 is 2.21 bits per heavy atom. The minimum Gasteiger partial charge on any atom is -0.549 e.